The Bertz CT molecular complexity index is 1020. The Morgan fingerprint density at radius 3 is 1.61 bits per heavy atom. The van der Waals surface area contributed by atoms with Crippen LogP contribution in [0.15, 0.2) is 36.4 Å². The van der Waals surface area contributed by atoms with Gasteiger partial charge in [0.1, 0.15) is 5.75 Å². The average molecular weight is 302 g/mol. The molecule has 1 heteroatoms. The fraction of sp³-hybridized carbons (Fsp3) is 0.273. The molecule has 0 amide bonds. The molecule has 0 aliphatic rings. The van der Waals surface area contributed by atoms with E-state index in [4.69, 9.17) is 4.74 Å². The SMILES string of the molecule is Cc1cc(C)c2ccc3c(OC(C)C)cc(C)c4ccc1c2c43. The first-order chi connectivity index (χ1) is 11.0. The second-order valence-electron chi connectivity index (χ2n) is 6.94. The summed E-state index contributed by atoms with van der Waals surface area (Å²) in [5.74, 6) is 0.999. The Balaban J connectivity index is 2.28. The van der Waals surface area contributed by atoms with E-state index in [1.807, 2.05) is 0 Å². The summed E-state index contributed by atoms with van der Waals surface area (Å²) in [7, 11) is 0. The van der Waals surface area contributed by atoms with Gasteiger partial charge in [-0.2, -0.15) is 0 Å². The first kappa shape index (κ1) is 14.3. The third-order valence-corrected chi connectivity index (χ3v) is 4.84. The van der Waals surface area contributed by atoms with Crippen LogP contribution < -0.4 is 4.74 Å². The maximum absolute atomic E-state index is 6.11. The average Bonchev–Trinajstić information content (AvgIpc) is 2.49. The van der Waals surface area contributed by atoms with E-state index >= 15 is 0 Å². The van der Waals surface area contributed by atoms with E-state index < -0.39 is 0 Å². The lowest BCUT2D eigenvalue weighted by atomic mass is 9.88. The third-order valence-electron chi connectivity index (χ3n) is 4.84. The lowest BCUT2D eigenvalue weighted by Crippen LogP contribution is -2.06. The molecule has 0 fully saturated rings. The van der Waals surface area contributed by atoms with Gasteiger partial charge < -0.3 is 4.74 Å². The van der Waals surface area contributed by atoms with Crippen molar-refractivity contribution < 1.29 is 4.74 Å². The monoisotopic (exact) mass is 302 g/mol. The molecule has 0 atom stereocenters. The number of rotatable bonds is 2. The van der Waals surface area contributed by atoms with Crippen molar-refractivity contribution in [2.75, 3.05) is 0 Å². The molecular formula is C22H22O. The Kier molecular flexibility index (Phi) is 3.02. The maximum Gasteiger partial charge on any atom is 0.127 e. The predicted molar refractivity (Wildman–Crippen MR) is 100 cm³/mol. The molecule has 0 aliphatic heterocycles. The minimum atomic E-state index is 0.177. The molecule has 1 nitrogen and oxygen atoms in total. The van der Waals surface area contributed by atoms with Gasteiger partial charge in [-0.25, -0.2) is 0 Å². The van der Waals surface area contributed by atoms with Crippen LogP contribution in [-0.4, -0.2) is 6.10 Å². The summed E-state index contributed by atoms with van der Waals surface area (Å²) in [5.41, 5.74) is 3.97. The molecule has 0 aromatic heterocycles. The molecule has 0 spiro atoms. The van der Waals surface area contributed by atoms with Gasteiger partial charge >= 0.3 is 0 Å². The Morgan fingerprint density at radius 2 is 1.09 bits per heavy atom. The highest BCUT2D eigenvalue weighted by Crippen LogP contribution is 2.42. The Hall–Kier alpha value is -2.28. The zero-order valence-corrected chi connectivity index (χ0v) is 14.4. The van der Waals surface area contributed by atoms with Crippen molar-refractivity contribution in [1.29, 1.82) is 0 Å². The fourth-order valence-corrected chi connectivity index (χ4v) is 3.87. The predicted octanol–water partition coefficient (Wildman–Crippen LogP) is 6.30. The minimum absolute atomic E-state index is 0.177. The maximum atomic E-state index is 6.11. The minimum Gasteiger partial charge on any atom is -0.490 e. The number of hydrogen-bond acceptors (Lipinski definition) is 1. The molecule has 0 saturated carbocycles. The summed E-state index contributed by atoms with van der Waals surface area (Å²) in [4.78, 5) is 0. The molecule has 0 heterocycles. The fourth-order valence-electron chi connectivity index (χ4n) is 3.87. The molecule has 0 unspecified atom stereocenters. The molecule has 0 aliphatic carbocycles. The lowest BCUT2D eigenvalue weighted by molar-refractivity contribution is 0.245. The topological polar surface area (TPSA) is 9.23 Å². The molecular weight excluding hydrogens is 280 g/mol. The second-order valence-corrected chi connectivity index (χ2v) is 6.94. The number of benzene rings is 4. The molecule has 0 bridgehead atoms. The van der Waals surface area contributed by atoms with Crippen molar-refractivity contribution in [3.05, 3.63) is 53.1 Å². The highest BCUT2D eigenvalue weighted by Gasteiger charge is 2.16. The summed E-state index contributed by atoms with van der Waals surface area (Å²) in [5, 5.41) is 7.99. The van der Waals surface area contributed by atoms with Gasteiger partial charge in [-0.3, -0.25) is 0 Å². The van der Waals surface area contributed by atoms with E-state index in [9.17, 15) is 0 Å². The molecule has 23 heavy (non-hydrogen) atoms. The molecule has 0 radical (unpaired) electrons. The van der Waals surface area contributed by atoms with Crippen molar-refractivity contribution in [1.82, 2.24) is 0 Å². The zero-order valence-electron chi connectivity index (χ0n) is 14.4. The van der Waals surface area contributed by atoms with Crippen LogP contribution in [0.5, 0.6) is 5.75 Å². The summed E-state index contributed by atoms with van der Waals surface area (Å²) >= 11 is 0. The number of hydrogen-bond donors (Lipinski definition) is 0. The van der Waals surface area contributed by atoms with Crippen molar-refractivity contribution in [2.24, 2.45) is 0 Å². The summed E-state index contributed by atoms with van der Waals surface area (Å²) in [6.07, 6.45) is 0.177. The summed E-state index contributed by atoms with van der Waals surface area (Å²) in [6, 6.07) is 13.5. The van der Waals surface area contributed by atoms with Crippen LogP contribution in [0.25, 0.3) is 32.3 Å². The van der Waals surface area contributed by atoms with Crippen LogP contribution in [0.1, 0.15) is 30.5 Å². The molecule has 4 rings (SSSR count). The normalized spacial score (nSPS) is 12.1. The summed E-state index contributed by atoms with van der Waals surface area (Å²) < 4.78 is 6.11. The van der Waals surface area contributed by atoms with Crippen molar-refractivity contribution in [2.45, 2.75) is 40.7 Å². The quantitative estimate of drug-likeness (QED) is 0.395. The first-order valence-electron chi connectivity index (χ1n) is 8.32. The molecule has 4 aromatic carbocycles. The van der Waals surface area contributed by atoms with Gasteiger partial charge in [0.2, 0.25) is 0 Å². The van der Waals surface area contributed by atoms with E-state index in [1.165, 1.54) is 49.0 Å². The van der Waals surface area contributed by atoms with Gasteiger partial charge in [0, 0.05) is 10.8 Å². The van der Waals surface area contributed by atoms with E-state index in [-0.39, 0.29) is 6.10 Å². The highest BCUT2D eigenvalue weighted by atomic mass is 16.5. The number of aryl methyl sites for hydroxylation is 3. The van der Waals surface area contributed by atoms with Gasteiger partial charge in [0.05, 0.1) is 6.10 Å². The van der Waals surface area contributed by atoms with Crippen LogP contribution in [-0.2, 0) is 0 Å². The molecule has 116 valence electrons. The van der Waals surface area contributed by atoms with Gasteiger partial charge in [-0.1, -0.05) is 24.3 Å². The van der Waals surface area contributed by atoms with Gasteiger partial charge in [-0.15, -0.1) is 0 Å². The van der Waals surface area contributed by atoms with Gasteiger partial charge in [0.25, 0.3) is 0 Å². The van der Waals surface area contributed by atoms with Crippen molar-refractivity contribution in [3.63, 3.8) is 0 Å². The van der Waals surface area contributed by atoms with Crippen LogP contribution in [0, 0.1) is 20.8 Å². The van der Waals surface area contributed by atoms with Crippen molar-refractivity contribution in [3.8, 4) is 5.75 Å². The van der Waals surface area contributed by atoms with Gasteiger partial charge in [0.15, 0.2) is 0 Å². The van der Waals surface area contributed by atoms with E-state index in [0.717, 1.165) is 5.75 Å². The van der Waals surface area contributed by atoms with Crippen LogP contribution in [0.4, 0.5) is 0 Å². The van der Waals surface area contributed by atoms with Crippen LogP contribution in [0.2, 0.25) is 0 Å². The molecule has 4 aromatic rings. The van der Waals surface area contributed by atoms with E-state index in [2.05, 4.69) is 71.0 Å². The lowest BCUT2D eigenvalue weighted by Gasteiger charge is -2.19. The second kappa shape index (κ2) is 4.86. The largest absolute Gasteiger partial charge is 0.490 e. The van der Waals surface area contributed by atoms with Crippen molar-refractivity contribution >= 4 is 32.3 Å². The summed E-state index contributed by atoms with van der Waals surface area (Å²) in [6.45, 7) is 10.8. The van der Waals surface area contributed by atoms with Crippen LogP contribution >= 0.6 is 0 Å². The van der Waals surface area contributed by atoms with E-state index in [0.29, 0.717) is 0 Å². The Morgan fingerprint density at radius 1 is 0.652 bits per heavy atom. The van der Waals surface area contributed by atoms with Crippen LogP contribution in [0.3, 0.4) is 0 Å². The van der Waals surface area contributed by atoms with Gasteiger partial charge in [-0.05, 0) is 85.0 Å². The molecule has 0 saturated heterocycles. The smallest absolute Gasteiger partial charge is 0.127 e. The van der Waals surface area contributed by atoms with E-state index in [1.54, 1.807) is 0 Å². The highest BCUT2D eigenvalue weighted by molar-refractivity contribution is 6.25. The zero-order chi connectivity index (χ0) is 16.3. The Labute approximate surface area is 137 Å². The molecule has 0 N–H and O–H groups in total. The first-order valence-corrected chi connectivity index (χ1v) is 8.32. The number of ether oxygens (including phenoxy) is 1. The third kappa shape index (κ3) is 1.99. The standard InChI is InChI=1S/C22H22O/c1-12(2)23-20-11-15(5)18-7-6-16-13(3)10-14(4)17-8-9-19(20)22(18)21(16)17/h6-12H,1-5H3.